The number of nitrogens with one attached hydrogen (secondary N) is 1. The molecule has 0 spiro atoms. The summed E-state index contributed by atoms with van der Waals surface area (Å²) in [5, 5.41) is 3.01. The Morgan fingerprint density at radius 1 is 1.67 bits per heavy atom. The van der Waals surface area contributed by atoms with E-state index in [1.165, 1.54) is 0 Å². The highest BCUT2D eigenvalue weighted by molar-refractivity contribution is 5.83. The molecule has 2 atom stereocenters. The molecule has 0 aliphatic heterocycles. The van der Waals surface area contributed by atoms with Crippen molar-refractivity contribution in [1.82, 2.24) is 10.3 Å². The van der Waals surface area contributed by atoms with Gasteiger partial charge in [-0.2, -0.15) is 0 Å². The fourth-order valence-corrected chi connectivity index (χ4v) is 2.55. The summed E-state index contributed by atoms with van der Waals surface area (Å²) in [5.41, 5.74) is 7.84. The summed E-state index contributed by atoms with van der Waals surface area (Å²) in [5.74, 6) is 0.0729. The molecular weight excluding hydrogens is 226 g/mol. The van der Waals surface area contributed by atoms with Gasteiger partial charge in [0.25, 0.3) is 0 Å². The van der Waals surface area contributed by atoms with Gasteiger partial charge in [0.15, 0.2) is 0 Å². The number of hydrogen-bond acceptors (Lipinski definition) is 3. The third-order valence-electron chi connectivity index (χ3n) is 4.12. The van der Waals surface area contributed by atoms with Crippen molar-refractivity contribution in [3.05, 3.63) is 29.6 Å². The van der Waals surface area contributed by atoms with E-state index in [9.17, 15) is 4.79 Å². The van der Waals surface area contributed by atoms with Crippen LogP contribution in [0.2, 0.25) is 0 Å². The van der Waals surface area contributed by atoms with Gasteiger partial charge < -0.3 is 11.1 Å². The van der Waals surface area contributed by atoms with E-state index in [2.05, 4.69) is 10.3 Å². The van der Waals surface area contributed by atoms with Crippen LogP contribution in [0.15, 0.2) is 18.5 Å². The first-order valence-corrected chi connectivity index (χ1v) is 6.47. The maximum atomic E-state index is 12.3. The number of nitrogens with zero attached hydrogens (tertiary/aromatic N) is 1. The number of hydrogen-bond donors (Lipinski definition) is 2. The fraction of sp³-hybridized carbons (Fsp3) is 0.571. The fourth-order valence-electron chi connectivity index (χ4n) is 2.55. The molecule has 0 saturated heterocycles. The van der Waals surface area contributed by atoms with E-state index in [1.807, 2.05) is 26.1 Å². The van der Waals surface area contributed by atoms with Crippen LogP contribution in [0.5, 0.6) is 0 Å². The minimum Gasteiger partial charge on any atom is -0.351 e. The van der Waals surface area contributed by atoms with Gasteiger partial charge in [-0.05, 0) is 43.9 Å². The summed E-state index contributed by atoms with van der Waals surface area (Å²) in [6, 6.07) is 1.92. The van der Waals surface area contributed by atoms with Gasteiger partial charge in [-0.3, -0.25) is 9.78 Å². The zero-order chi connectivity index (χ0) is 13.2. The normalized spacial score (nSPS) is 27.2. The average molecular weight is 247 g/mol. The highest BCUT2D eigenvalue weighted by Crippen LogP contribution is 2.36. The van der Waals surface area contributed by atoms with E-state index in [0.717, 1.165) is 30.4 Å². The first kappa shape index (κ1) is 13.0. The molecule has 3 N–H and O–H groups in total. The van der Waals surface area contributed by atoms with Crippen LogP contribution in [0.3, 0.4) is 0 Å². The van der Waals surface area contributed by atoms with Crippen molar-refractivity contribution in [1.29, 1.82) is 0 Å². The minimum absolute atomic E-state index is 0.0176. The topological polar surface area (TPSA) is 68.0 Å². The number of aromatic nitrogens is 1. The Hall–Kier alpha value is -1.42. The molecule has 1 saturated carbocycles. The highest BCUT2D eigenvalue weighted by atomic mass is 16.2. The Kier molecular flexibility index (Phi) is 3.66. The van der Waals surface area contributed by atoms with E-state index < -0.39 is 5.41 Å². The summed E-state index contributed by atoms with van der Waals surface area (Å²) in [7, 11) is 0. The minimum atomic E-state index is -0.402. The first-order valence-electron chi connectivity index (χ1n) is 6.47. The van der Waals surface area contributed by atoms with Gasteiger partial charge in [0.05, 0.1) is 5.41 Å². The van der Waals surface area contributed by atoms with Gasteiger partial charge in [-0.25, -0.2) is 0 Å². The zero-order valence-electron chi connectivity index (χ0n) is 11.1. The molecule has 1 fully saturated rings. The monoisotopic (exact) mass is 247 g/mol. The second-order valence-electron chi connectivity index (χ2n) is 5.40. The maximum Gasteiger partial charge on any atom is 0.227 e. The molecular formula is C14H21N3O. The molecule has 1 aliphatic rings. The molecule has 1 heterocycles. The first-order chi connectivity index (χ1) is 8.54. The predicted molar refractivity (Wildman–Crippen MR) is 70.8 cm³/mol. The average Bonchev–Trinajstić information content (AvgIpc) is 2.69. The van der Waals surface area contributed by atoms with E-state index in [-0.39, 0.29) is 11.9 Å². The lowest BCUT2D eigenvalue weighted by atomic mass is 9.84. The number of carbonyl (C=O) groups is 1. The molecule has 2 rings (SSSR count). The number of amides is 1. The number of nitrogens with two attached hydrogens (primary N) is 1. The molecule has 0 aromatic carbocycles. The van der Waals surface area contributed by atoms with Crippen LogP contribution in [0.1, 0.15) is 37.3 Å². The van der Waals surface area contributed by atoms with Crippen molar-refractivity contribution >= 4 is 5.91 Å². The Morgan fingerprint density at radius 2 is 2.44 bits per heavy atom. The van der Waals surface area contributed by atoms with Crippen molar-refractivity contribution in [3.63, 3.8) is 0 Å². The summed E-state index contributed by atoms with van der Waals surface area (Å²) in [6.45, 7) is 4.52. The summed E-state index contributed by atoms with van der Waals surface area (Å²) in [4.78, 5) is 16.3. The van der Waals surface area contributed by atoms with Gasteiger partial charge in [0, 0.05) is 25.0 Å². The molecule has 2 unspecified atom stereocenters. The molecule has 4 nitrogen and oxygen atoms in total. The van der Waals surface area contributed by atoms with Crippen LogP contribution in [-0.4, -0.2) is 16.9 Å². The Labute approximate surface area is 108 Å². The van der Waals surface area contributed by atoms with Crippen molar-refractivity contribution in [2.45, 2.75) is 45.7 Å². The molecule has 1 aliphatic carbocycles. The number of carbonyl (C=O) groups excluding carboxylic acids is 1. The lowest BCUT2D eigenvalue weighted by molar-refractivity contribution is -0.130. The van der Waals surface area contributed by atoms with Gasteiger partial charge in [0.2, 0.25) is 5.91 Å². The van der Waals surface area contributed by atoms with Gasteiger partial charge in [-0.1, -0.05) is 6.42 Å². The highest BCUT2D eigenvalue weighted by Gasteiger charge is 2.42. The smallest absolute Gasteiger partial charge is 0.227 e. The second-order valence-corrected chi connectivity index (χ2v) is 5.40. The predicted octanol–water partition coefficient (Wildman–Crippen LogP) is 1.52. The molecule has 4 heteroatoms. The van der Waals surface area contributed by atoms with E-state index >= 15 is 0 Å². The van der Waals surface area contributed by atoms with Crippen LogP contribution in [-0.2, 0) is 11.3 Å². The van der Waals surface area contributed by atoms with Gasteiger partial charge in [0.1, 0.15) is 0 Å². The van der Waals surface area contributed by atoms with Crippen LogP contribution in [0.25, 0.3) is 0 Å². The molecule has 98 valence electrons. The zero-order valence-corrected chi connectivity index (χ0v) is 11.1. The lowest BCUT2D eigenvalue weighted by Crippen LogP contribution is -2.47. The van der Waals surface area contributed by atoms with Gasteiger partial charge >= 0.3 is 0 Å². The molecule has 1 aromatic heterocycles. The second kappa shape index (κ2) is 5.06. The Bertz CT molecular complexity index is 446. The maximum absolute atomic E-state index is 12.3. The van der Waals surface area contributed by atoms with Crippen LogP contribution < -0.4 is 11.1 Å². The van der Waals surface area contributed by atoms with E-state index in [0.29, 0.717) is 6.54 Å². The molecule has 0 bridgehead atoms. The van der Waals surface area contributed by atoms with Crippen LogP contribution in [0, 0.1) is 12.3 Å². The van der Waals surface area contributed by atoms with Crippen molar-refractivity contribution in [2.24, 2.45) is 11.1 Å². The SMILES string of the molecule is Cc1cnccc1CNC(=O)C1(C)CCCC1N. The van der Waals surface area contributed by atoms with Gasteiger partial charge in [-0.15, -0.1) is 0 Å². The van der Waals surface area contributed by atoms with Crippen molar-refractivity contribution < 1.29 is 4.79 Å². The van der Waals surface area contributed by atoms with E-state index in [4.69, 9.17) is 5.73 Å². The third kappa shape index (κ3) is 2.38. The lowest BCUT2D eigenvalue weighted by Gasteiger charge is -2.27. The molecule has 0 radical (unpaired) electrons. The quantitative estimate of drug-likeness (QED) is 0.851. The van der Waals surface area contributed by atoms with Crippen LogP contribution >= 0.6 is 0 Å². The summed E-state index contributed by atoms with van der Waals surface area (Å²) in [6.07, 6.45) is 6.43. The Balaban J connectivity index is 1.99. The largest absolute Gasteiger partial charge is 0.351 e. The number of rotatable bonds is 3. The summed E-state index contributed by atoms with van der Waals surface area (Å²) >= 11 is 0. The number of pyridine rings is 1. The molecule has 1 aromatic rings. The Morgan fingerprint density at radius 3 is 3.06 bits per heavy atom. The van der Waals surface area contributed by atoms with E-state index in [1.54, 1.807) is 6.20 Å². The molecule has 18 heavy (non-hydrogen) atoms. The van der Waals surface area contributed by atoms with Crippen molar-refractivity contribution in [3.8, 4) is 0 Å². The third-order valence-corrected chi connectivity index (χ3v) is 4.12. The summed E-state index contributed by atoms with van der Waals surface area (Å²) < 4.78 is 0. The molecule has 1 amide bonds. The standard InChI is InChI=1S/C14H21N3O/c1-10-8-16-7-5-11(10)9-17-13(18)14(2)6-3-4-12(14)15/h5,7-8,12H,3-4,6,9,15H2,1-2H3,(H,17,18). The van der Waals surface area contributed by atoms with Crippen molar-refractivity contribution in [2.75, 3.05) is 0 Å². The van der Waals surface area contributed by atoms with Crippen LogP contribution in [0.4, 0.5) is 0 Å². The number of aryl methyl sites for hydroxylation is 1.